The van der Waals surface area contributed by atoms with Crippen molar-refractivity contribution < 1.29 is 4.79 Å². The van der Waals surface area contributed by atoms with Gasteiger partial charge in [-0.1, -0.05) is 41.9 Å². The fourth-order valence-corrected chi connectivity index (χ4v) is 2.72. The summed E-state index contributed by atoms with van der Waals surface area (Å²) in [5.74, 6) is -0.0370. The minimum Gasteiger partial charge on any atom is -0.334 e. The van der Waals surface area contributed by atoms with Crippen molar-refractivity contribution in [3.8, 4) is 0 Å². The maximum absolute atomic E-state index is 12.7. The number of hydrogen-bond acceptors (Lipinski definition) is 3. The summed E-state index contributed by atoms with van der Waals surface area (Å²) in [5, 5.41) is 4.79. The number of carbonyl (C=O) groups is 1. The third kappa shape index (κ3) is 5.44. The second-order valence-electron chi connectivity index (χ2n) is 6.30. The summed E-state index contributed by atoms with van der Waals surface area (Å²) < 4.78 is 1.61. The van der Waals surface area contributed by atoms with Crippen LogP contribution in [0.15, 0.2) is 36.4 Å². The molecular formula is C19H25ClN4O. The lowest BCUT2D eigenvalue weighted by molar-refractivity contribution is -0.126. The van der Waals surface area contributed by atoms with Gasteiger partial charge >= 0.3 is 0 Å². The largest absolute Gasteiger partial charge is 0.334 e. The first-order valence-electron chi connectivity index (χ1n) is 8.23. The second kappa shape index (κ2) is 8.83. The zero-order valence-electron chi connectivity index (χ0n) is 15.2. The molecule has 1 heterocycles. The Kier molecular flexibility index (Phi) is 6.79. The van der Waals surface area contributed by atoms with Gasteiger partial charge in [-0.05, 0) is 32.7 Å². The van der Waals surface area contributed by atoms with Crippen molar-refractivity contribution in [3.63, 3.8) is 0 Å². The monoisotopic (exact) mass is 360 g/mol. The Hall–Kier alpha value is -2.11. The number of aryl methyl sites for hydroxylation is 2. The fraction of sp³-hybridized carbons (Fsp3) is 0.368. The third-order valence-electron chi connectivity index (χ3n) is 3.93. The Bertz CT molecular complexity index is 737. The molecule has 134 valence electrons. The van der Waals surface area contributed by atoms with E-state index in [0.29, 0.717) is 18.2 Å². The van der Waals surface area contributed by atoms with E-state index in [1.54, 1.807) is 23.9 Å². The van der Waals surface area contributed by atoms with Gasteiger partial charge in [0.25, 0.3) is 0 Å². The molecule has 6 heteroatoms. The number of halogens is 1. The first kappa shape index (κ1) is 19.2. The maximum atomic E-state index is 12.7. The normalized spacial score (nSPS) is 11.4. The van der Waals surface area contributed by atoms with Crippen molar-refractivity contribution in [1.82, 2.24) is 19.6 Å². The van der Waals surface area contributed by atoms with Gasteiger partial charge in [-0.3, -0.25) is 9.48 Å². The molecular weight excluding hydrogens is 336 g/mol. The molecule has 25 heavy (non-hydrogen) atoms. The number of likely N-dealkylation sites (N-methyl/N-ethyl adjacent to an activating group) is 1. The molecule has 0 unspecified atom stereocenters. The average Bonchev–Trinajstić information content (AvgIpc) is 2.82. The number of rotatable bonds is 7. The zero-order chi connectivity index (χ0) is 18.4. The molecule has 0 aliphatic heterocycles. The van der Waals surface area contributed by atoms with Crippen LogP contribution >= 0.6 is 11.6 Å². The lowest BCUT2D eigenvalue weighted by Crippen LogP contribution is -2.35. The molecule has 0 atom stereocenters. The summed E-state index contributed by atoms with van der Waals surface area (Å²) in [5.41, 5.74) is 2.70. The van der Waals surface area contributed by atoms with Crippen molar-refractivity contribution in [2.75, 3.05) is 27.2 Å². The molecule has 1 aromatic carbocycles. The van der Waals surface area contributed by atoms with Crippen LogP contribution in [0.25, 0.3) is 6.08 Å². The predicted octanol–water partition coefficient (Wildman–Crippen LogP) is 2.99. The van der Waals surface area contributed by atoms with E-state index in [1.807, 2.05) is 56.3 Å². The maximum Gasteiger partial charge on any atom is 0.246 e. The molecule has 0 saturated heterocycles. The topological polar surface area (TPSA) is 41.4 Å². The van der Waals surface area contributed by atoms with E-state index in [-0.39, 0.29) is 5.91 Å². The van der Waals surface area contributed by atoms with Crippen molar-refractivity contribution in [1.29, 1.82) is 0 Å². The first-order chi connectivity index (χ1) is 11.9. The molecule has 1 amide bonds. The number of amides is 1. The van der Waals surface area contributed by atoms with E-state index >= 15 is 0 Å². The summed E-state index contributed by atoms with van der Waals surface area (Å²) in [7, 11) is 5.78. The van der Waals surface area contributed by atoms with Gasteiger partial charge in [0.1, 0.15) is 5.15 Å². The minimum absolute atomic E-state index is 0.0370. The van der Waals surface area contributed by atoms with Crippen LogP contribution in [0, 0.1) is 6.92 Å². The van der Waals surface area contributed by atoms with E-state index in [2.05, 4.69) is 10.00 Å². The quantitative estimate of drug-likeness (QED) is 0.713. The average molecular weight is 361 g/mol. The van der Waals surface area contributed by atoms with Crippen LogP contribution < -0.4 is 0 Å². The summed E-state index contributed by atoms with van der Waals surface area (Å²) >= 11 is 6.23. The van der Waals surface area contributed by atoms with E-state index in [9.17, 15) is 4.79 Å². The highest BCUT2D eigenvalue weighted by molar-refractivity contribution is 6.31. The number of carbonyl (C=O) groups excluding carboxylic acids is 1. The molecule has 2 aromatic rings. The number of nitrogens with zero attached hydrogens (tertiary/aromatic N) is 4. The van der Waals surface area contributed by atoms with Crippen LogP contribution in [-0.4, -0.2) is 52.7 Å². The third-order valence-corrected chi connectivity index (χ3v) is 4.38. The van der Waals surface area contributed by atoms with Gasteiger partial charge in [0.15, 0.2) is 0 Å². The SMILES string of the molecule is Cc1nn(C)c(Cl)c1/C=C/C(=O)N(CCN(C)C)Cc1ccccc1. The fourth-order valence-electron chi connectivity index (χ4n) is 2.49. The van der Waals surface area contributed by atoms with Gasteiger partial charge in [-0.25, -0.2) is 0 Å². The Morgan fingerprint density at radius 3 is 2.48 bits per heavy atom. The summed E-state index contributed by atoms with van der Waals surface area (Å²) in [4.78, 5) is 16.6. The van der Waals surface area contributed by atoms with Crippen LogP contribution in [0.2, 0.25) is 5.15 Å². The van der Waals surface area contributed by atoms with Crippen molar-refractivity contribution in [2.24, 2.45) is 7.05 Å². The molecule has 0 aliphatic rings. The summed E-state index contributed by atoms with van der Waals surface area (Å²) in [6.45, 7) is 3.92. The summed E-state index contributed by atoms with van der Waals surface area (Å²) in [6.07, 6.45) is 3.33. The standard InChI is InChI=1S/C19H25ClN4O/c1-15-17(19(20)23(4)21-15)10-11-18(25)24(13-12-22(2)3)14-16-8-6-5-7-9-16/h5-11H,12-14H2,1-4H3/b11-10+. The lowest BCUT2D eigenvalue weighted by Gasteiger charge is -2.23. The Morgan fingerprint density at radius 2 is 1.92 bits per heavy atom. The first-order valence-corrected chi connectivity index (χ1v) is 8.61. The van der Waals surface area contributed by atoms with Gasteiger partial charge in [0, 0.05) is 38.3 Å². The van der Waals surface area contributed by atoms with Crippen LogP contribution in [0.3, 0.4) is 0 Å². The Balaban J connectivity index is 2.14. The number of aromatic nitrogens is 2. The van der Waals surface area contributed by atoms with E-state index in [0.717, 1.165) is 23.4 Å². The number of benzene rings is 1. The van der Waals surface area contributed by atoms with Crippen LogP contribution in [-0.2, 0) is 18.4 Å². The lowest BCUT2D eigenvalue weighted by atomic mass is 10.2. The number of hydrogen-bond donors (Lipinski definition) is 0. The summed E-state index contributed by atoms with van der Waals surface area (Å²) in [6, 6.07) is 10.0. The van der Waals surface area contributed by atoms with Gasteiger partial charge in [0.05, 0.1) is 5.69 Å². The van der Waals surface area contributed by atoms with Gasteiger partial charge < -0.3 is 9.80 Å². The van der Waals surface area contributed by atoms with E-state index < -0.39 is 0 Å². The second-order valence-corrected chi connectivity index (χ2v) is 6.65. The predicted molar refractivity (Wildman–Crippen MR) is 102 cm³/mol. The highest BCUT2D eigenvalue weighted by Crippen LogP contribution is 2.20. The van der Waals surface area contributed by atoms with Gasteiger partial charge in [-0.2, -0.15) is 5.10 Å². The zero-order valence-corrected chi connectivity index (χ0v) is 16.0. The smallest absolute Gasteiger partial charge is 0.246 e. The molecule has 0 bridgehead atoms. The molecule has 2 rings (SSSR count). The van der Waals surface area contributed by atoms with Crippen LogP contribution in [0.1, 0.15) is 16.8 Å². The molecule has 0 fully saturated rings. The van der Waals surface area contributed by atoms with Gasteiger partial charge in [-0.15, -0.1) is 0 Å². The molecule has 0 N–H and O–H groups in total. The molecule has 0 saturated carbocycles. The molecule has 5 nitrogen and oxygen atoms in total. The van der Waals surface area contributed by atoms with Crippen molar-refractivity contribution >= 4 is 23.6 Å². The molecule has 0 spiro atoms. The van der Waals surface area contributed by atoms with E-state index in [4.69, 9.17) is 11.6 Å². The minimum atomic E-state index is -0.0370. The van der Waals surface area contributed by atoms with Crippen molar-refractivity contribution in [3.05, 3.63) is 58.4 Å². The van der Waals surface area contributed by atoms with Crippen LogP contribution in [0.4, 0.5) is 0 Å². The highest BCUT2D eigenvalue weighted by atomic mass is 35.5. The molecule has 1 aromatic heterocycles. The molecule has 0 radical (unpaired) electrons. The Labute approximate surface area is 154 Å². The Morgan fingerprint density at radius 1 is 1.24 bits per heavy atom. The van der Waals surface area contributed by atoms with Crippen molar-refractivity contribution in [2.45, 2.75) is 13.5 Å². The van der Waals surface area contributed by atoms with E-state index in [1.165, 1.54) is 0 Å². The van der Waals surface area contributed by atoms with Crippen LogP contribution in [0.5, 0.6) is 0 Å². The highest BCUT2D eigenvalue weighted by Gasteiger charge is 2.13. The molecule has 0 aliphatic carbocycles. The van der Waals surface area contributed by atoms with Gasteiger partial charge in [0.2, 0.25) is 5.91 Å².